The summed E-state index contributed by atoms with van der Waals surface area (Å²) < 4.78 is 0. The Morgan fingerprint density at radius 3 is 2.60 bits per heavy atom. The molecule has 11 heteroatoms. The normalized spacial score (nSPS) is 14.9. The molecule has 43 heavy (non-hydrogen) atoms. The molecule has 0 fully saturated rings. The SMILES string of the molecule is Cc1ccc(Nc2c(C#N)cnc3c(Cl)cc(N[C@H](C4=CN(C(C)C)NN4)c4cccc5c4C(=O)N(C)C5)cc23)cc1Cl. The molecule has 1 amide bonds. The van der Waals surface area contributed by atoms with Crippen LogP contribution in [0.4, 0.5) is 17.1 Å². The molecule has 3 aromatic carbocycles. The van der Waals surface area contributed by atoms with Crippen molar-refractivity contribution in [2.75, 3.05) is 17.7 Å². The minimum absolute atomic E-state index is 0.0210. The number of nitrogens with one attached hydrogen (secondary N) is 4. The minimum atomic E-state index is -0.436. The Hall–Kier alpha value is -4.49. The van der Waals surface area contributed by atoms with Crippen molar-refractivity contribution in [2.45, 2.75) is 39.4 Å². The first-order chi connectivity index (χ1) is 20.6. The maximum Gasteiger partial charge on any atom is 0.254 e. The number of aryl methyl sites for hydroxylation is 1. The summed E-state index contributed by atoms with van der Waals surface area (Å²) in [4.78, 5) is 19.5. The van der Waals surface area contributed by atoms with Crippen LogP contribution in [0.2, 0.25) is 10.0 Å². The minimum Gasteiger partial charge on any atom is -0.373 e. The summed E-state index contributed by atoms with van der Waals surface area (Å²) in [5.41, 5.74) is 13.7. The summed E-state index contributed by atoms with van der Waals surface area (Å²) in [6.07, 6.45) is 3.51. The number of hydrazine groups is 2. The Kier molecular flexibility index (Phi) is 7.52. The molecule has 4 N–H and O–H groups in total. The van der Waals surface area contributed by atoms with Crippen molar-refractivity contribution in [2.24, 2.45) is 0 Å². The maximum absolute atomic E-state index is 13.3. The number of amides is 1. The third-order valence-corrected chi connectivity index (χ3v) is 8.43. The van der Waals surface area contributed by atoms with Crippen LogP contribution in [0, 0.1) is 18.3 Å². The molecule has 0 saturated heterocycles. The number of nitriles is 1. The van der Waals surface area contributed by atoms with Gasteiger partial charge >= 0.3 is 0 Å². The lowest BCUT2D eigenvalue weighted by Gasteiger charge is -2.24. The monoisotopic (exact) mass is 612 g/mol. The number of anilines is 3. The van der Waals surface area contributed by atoms with Gasteiger partial charge in [-0.05, 0) is 61.7 Å². The molecule has 9 nitrogen and oxygen atoms in total. The van der Waals surface area contributed by atoms with Crippen molar-refractivity contribution in [3.8, 4) is 6.07 Å². The highest BCUT2D eigenvalue weighted by Crippen LogP contribution is 2.39. The van der Waals surface area contributed by atoms with Crippen LogP contribution in [0.15, 0.2) is 66.6 Å². The summed E-state index contributed by atoms with van der Waals surface area (Å²) in [6, 6.07) is 17.3. The van der Waals surface area contributed by atoms with Gasteiger partial charge in [-0.3, -0.25) is 14.8 Å². The van der Waals surface area contributed by atoms with E-state index in [1.165, 1.54) is 6.20 Å². The zero-order valence-electron chi connectivity index (χ0n) is 24.1. The predicted molar refractivity (Wildman–Crippen MR) is 171 cm³/mol. The number of carbonyl (C=O) groups excluding carboxylic acids is 1. The Morgan fingerprint density at radius 2 is 1.88 bits per heavy atom. The van der Waals surface area contributed by atoms with Gasteiger partial charge in [0.2, 0.25) is 0 Å². The van der Waals surface area contributed by atoms with E-state index < -0.39 is 6.04 Å². The molecule has 0 bridgehead atoms. The summed E-state index contributed by atoms with van der Waals surface area (Å²) in [5.74, 6) is -0.0210. The highest BCUT2D eigenvalue weighted by molar-refractivity contribution is 6.36. The topological polar surface area (TPSA) is 108 Å². The molecule has 2 aliphatic heterocycles. The Bertz CT molecular complexity index is 1850. The van der Waals surface area contributed by atoms with E-state index >= 15 is 0 Å². The summed E-state index contributed by atoms with van der Waals surface area (Å²) in [7, 11) is 1.81. The van der Waals surface area contributed by atoms with Crippen LogP contribution >= 0.6 is 23.2 Å². The quantitative estimate of drug-likeness (QED) is 0.181. The molecule has 0 unspecified atom stereocenters. The number of fused-ring (bicyclic) bond motifs is 2. The third-order valence-electron chi connectivity index (χ3n) is 7.73. The molecular weight excluding hydrogens is 583 g/mol. The number of hydrogen-bond acceptors (Lipinski definition) is 8. The third kappa shape index (κ3) is 5.30. The number of halogens is 2. The fourth-order valence-corrected chi connectivity index (χ4v) is 5.86. The molecule has 0 radical (unpaired) electrons. The van der Waals surface area contributed by atoms with Gasteiger partial charge in [-0.25, -0.2) is 0 Å². The van der Waals surface area contributed by atoms with Gasteiger partial charge in [0.25, 0.3) is 5.91 Å². The van der Waals surface area contributed by atoms with E-state index in [9.17, 15) is 10.1 Å². The zero-order chi connectivity index (χ0) is 30.4. The first-order valence-electron chi connectivity index (χ1n) is 13.9. The number of pyridine rings is 1. The van der Waals surface area contributed by atoms with Crippen LogP contribution in [0.3, 0.4) is 0 Å². The molecule has 1 aromatic heterocycles. The number of carbonyl (C=O) groups is 1. The van der Waals surface area contributed by atoms with Crippen LogP contribution in [0.25, 0.3) is 10.9 Å². The predicted octanol–water partition coefficient (Wildman–Crippen LogP) is 6.78. The standard InChI is InChI=1S/C32H30Cl2N8O/c1-17(2)42-16-27(39-40-42)31(23-7-5-6-19-15-41(4)32(43)28(19)23)38-22-10-24-29(37-21-9-8-18(3)25(33)11-21)20(13-35)14-36-30(24)26(34)12-22/h5-12,14,16-17,31,38-40H,15H2,1-4H3,(H,36,37)/t31-/m0/s1. The van der Waals surface area contributed by atoms with Gasteiger partial charge in [0, 0.05) is 53.8 Å². The van der Waals surface area contributed by atoms with Crippen LogP contribution in [0.1, 0.15) is 52.5 Å². The molecule has 4 aromatic rings. The van der Waals surface area contributed by atoms with E-state index in [1.807, 2.05) is 73.7 Å². The molecule has 6 rings (SSSR count). The molecule has 2 aliphatic rings. The van der Waals surface area contributed by atoms with Gasteiger partial charge in [0.15, 0.2) is 0 Å². The van der Waals surface area contributed by atoms with Crippen molar-refractivity contribution < 1.29 is 4.79 Å². The zero-order valence-corrected chi connectivity index (χ0v) is 25.6. The molecule has 0 spiro atoms. The number of benzene rings is 3. The van der Waals surface area contributed by atoms with Crippen LogP contribution < -0.4 is 21.6 Å². The van der Waals surface area contributed by atoms with E-state index in [1.54, 1.807) is 4.90 Å². The molecule has 0 saturated carbocycles. The fourth-order valence-electron chi connectivity index (χ4n) is 5.41. The van der Waals surface area contributed by atoms with Crippen LogP contribution in [-0.2, 0) is 6.54 Å². The maximum atomic E-state index is 13.3. The van der Waals surface area contributed by atoms with E-state index in [2.05, 4.69) is 46.5 Å². The molecule has 3 heterocycles. The lowest BCUT2D eigenvalue weighted by Crippen LogP contribution is -2.41. The fraction of sp³-hybridized carbons (Fsp3) is 0.219. The van der Waals surface area contributed by atoms with Crippen LogP contribution in [0.5, 0.6) is 0 Å². The van der Waals surface area contributed by atoms with E-state index in [4.69, 9.17) is 23.2 Å². The summed E-state index contributed by atoms with van der Waals surface area (Å²) in [5, 5.41) is 20.6. The number of hydrogen-bond donors (Lipinski definition) is 4. The lowest BCUT2D eigenvalue weighted by molar-refractivity contribution is 0.0815. The average Bonchev–Trinajstić information content (AvgIpc) is 3.59. The molecule has 1 atom stereocenters. The van der Waals surface area contributed by atoms with Gasteiger partial charge in [0.05, 0.1) is 39.1 Å². The second-order valence-electron chi connectivity index (χ2n) is 11.0. The number of rotatable bonds is 7. The summed E-state index contributed by atoms with van der Waals surface area (Å²) in [6.45, 7) is 6.64. The Morgan fingerprint density at radius 1 is 1.09 bits per heavy atom. The average molecular weight is 614 g/mol. The highest BCUT2D eigenvalue weighted by Gasteiger charge is 2.33. The molecule has 0 aliphatic carbocycles. The first-order valence-corrected chi connectivity index (χ1v) is 14.6. The van der Waals surface area contributed by atoms with Gasteiger partial charge < -0.3 is 21.0 Å². The van der Waals surface area contributed by atoms with Crippen LogP contribution in [-0.4, -0.2) is 33.9 Å². The largest absolute Gasteiger partial charge is 0.373 e. The second-order valence-corrected chi connectivity index (χ2v) is 11.9. The second kappa shape index (κ2) is 11.3. The van der Waals surface area contributed by atoms with Crippen molar-refractivity contribution in [3.05, 3.63) is 104 Å². The first kappa shape index (κ1) is 28.6. The van der Waals surface area contributed by atoms with Gasteiger partial charge in [0.1, 0.15) is 6.07 Å². The van der Waals surface area contributed by atoms with E-state index in [-0.39, 0.29) is 11.9 Å². The van der Waals surface area contributed by atoms with E-state index in [0.29, 0.717) is 50.0 Å². The smallest absolute Gasteiger partial charge is 0.254 e. The van der Waals surface area contributed by atoms with Gasteiger partial charge in [-0.1, -0.05) is 47.5 Å². The summed E-state index contributed by atoms with van der Waals surface area (Å²) >= 11 is 13.2. The Balaban J connectivity index is 1.48. The Labute approximate surface area is 260 Å². The molecule has 218 valence electrons. The number of nitrogens with zero attached hydrogens (tertiary/aromatic N) is 4. The highest BCUT2D eigenvalue weighted by atomic mass is 35.5. The van der Waals surface area contributed by atoms with Crippen molar-refractivity contribution in [3.63, 3.8) is 0 Å². The lowest BCUT2D eigenvalue weighted by atomic mass is 9.95. The molecular formula is C32H30Cl2N8O. The van der Waals surface area contributed by atoms with Crippen molar-refractivity contribution in [1.29, 1.82) is 5.26 Å². The van der Waals surface area contributed by atoms with E-state index in [0.717, 1.165) is 28.1 Å². The van der Waals surface area contributed by atoms with Crippen molar-refractivity contribution in [1.82, 2.24) is 25.9 Å². The number of aromatic nitrogens is 1. The van der Waals surface area contributed by atoms with Gasteiger partial charge in [-0.15, -0.1) is 5.53 Å². The van der Waals surface area contributed by atoms with Gasteiger partial charge in [-0.2, -0.15) is 5.26 Å². The van der Waals surface area contributed by atoms with Crippen molar-refractivity contribution >= 4 is 57.1 Å².